The van der Waals surface area contributed by atoms with Gasteiger partial charge < -0.3 is 15.4 Å². The molecule has 26 heavy (non-hydrogen) atoms. The van der Waals surface area contributed by atoms with Crippen LogP contribution in [0.2, 0.25) is 0 Å². The third-order valence-corrected chi connectivity index (χ3v) is 5.11. The number of aryl methyl sites for hydroxylation is 1. The number of benzene rings is 2. The van der Waals surface area contributed by atoms with E-state index in [-0.39, 0.29) is 18.3 Å². The lowest BCUT2D eigenvalue weighted by Gasteiger charge is -2.17. The zero-order valence-electron chi connectivity index (χ0n) is 15.1. The second kappa shape index (κ2) is 9.60. The highest BCUT2D eigenvalue weighted by Crippen LogP contribution is 2.32. The van der Waals surface area contributed by atoms with Crippen molar-refractivity contribution in [2.75, 3.05) is 26.7 Å². The molecule has 2 N–H and O–H groups in total. The first-order valence-corrected chi connectivity index (χ1v) is 8.87. The van der Waals surface area contributed by atoms with Crippen LogP contribution in [0.1, 0.15) is 23.5 Å². The summed E-state index contributed by atoms with van der Waals surface area (Å²) in [7, 11) is 1.66. The maximum Gasteiger partial charge on any atom is 0.222 e. The second-order valence-corrected chi connectivity index (χ2v) is 6.66. The molecule has 140 valence electrons. The summed E-state index contributed by atoms with van der Waals surface area (Å²) in [5, 5.41) is 0. The van der Waals surface area contributed by atoms with Crippen LogP contribution in [0.5, 0.6) is 5.75 Å². The van der Waals surface area contributed by atoms with Crippen LogP contribution in [0.4, 0.5) is 0 Å². The Hall–Kier alpha value is -2.04. The number of carbonyl (C=O) groups excluding carboxylic acids is 1. The van der Waals surface area contributed by atoms with Crippen molar-refractivity contribution >= 4 is 18.3 Å². The highest BCUT2D eigenvalue weighted by atomic mass is 35.5. The van der Waals surface area contributed by atoms with Crippen LogP contribution >= 0.6 is 12.4 Å². The van der Waals surface area contributed by atoms with Gasteiger partial charge in [-0.05, 0) is 42.1 Å². The van der Waals surface area contributed by atoms with Crippen LogP contribution in [-0.4, -0.2) is 37.6 Å². The monoisotopic (exact) mass is 374 g/mol. The van der Waals surface area contributed by atoms with Gasteiger partial charge in [0.15, 0.2) is 0 Å². The van der Waals surface area contributed by atoms with Crippen molar-refractivity contribution in [1.82, 2.24) is 4.90 Å². The summed E-state index contributed by atoms with van der Waals surface area (Å²) in [5.74, 6) is 1.74. The first-order chi connectivity index (χ1) is 12.2. The normalized spacial score (nSPS) is 19.1. The van der Waals surface area contributed by atoms with Crippen molar-refractivity contribution in [2.24, 2.45) is 11.7 Å². The summed E-state index contributed by atoms with van der Waals surface area (Å²) in [6.45, 7) is 2.15. The Morgan fingerprint density at radius 3 is 2.42 bits per heavy atom. The molecule has 0 unspecified atom stereocenters. The molecule has 0 aromatic heterocycles. The highest BCUT2D eigenvalue weighted by molar-refractivity contribution is 5.85. The van der Waals surface area contributed by atoms with E-state index in [4.69, 9.17) is 10.5 Å². The first kappa shape index (κ1) is 20.3. The number of nitrogens with zero attached hydrogens (tertiary/aromatic N) is 1. The largest absolute Gasteiger partial charge is 0.497 e. The molecule has 1 fully saturated rings. The summed E-state index contributed by atoms with van der Waals surface area (Å²) in [6, 6.07) is 18.3. The van der Waals surface area contributed by atoms with E-state index in [1.54, 1.807) is 7.11 Å². The molecule has 5 heteroatoms. The average molecular weight is 375 g/mol. The Labute approximate surface area is 161 Å². The summed E-state index contributed by atoms with van der Waals surface area (Å²) < 4.78 is 5.17. The maximum absolute atomic E-state index is 12.6. The second-order valence-electron chi connectivity index (χ2n) is 6.66. The number of methoxy groups -OCH3 is 1. The molecule has 3 rings (SSSR count). The van der Waals surface area contributed by atoms with Crippen molar-refractivity contribution < 1.29 is 9.53 Å². The predicted molar refractivity (Wildman–Crippen MR) is 107 cm³/mol. The molecule has 4 nitrogen and oxygen atoms in total. The molecule has 2 atom stereocenters. The van der Waals surface area contributed by atoms with Gasteiger partial charge in [0.1, 0.15) is 5.75 Å². The van der Waals surface area contributed by atoms with E-state index >= 15 is 0 Å². The number of nitrogens with two attached hydrogens (primary N) is 1. The van der Waals surface area contributed by atoms with Crippen molar-refractivity contribution in [1.29, 1.82) is 0 Å². The highest BCUT2D eigenvalue weighted by Gasteiger charge is 2.34. The third kappa shape index (κ3) is 4.77. The first-order valence-electron chi connectivity index (χ1n) is 8.87. The fraction of sp³-hybridized carbons (Fsp3) is 0.381. The number of ether oxygens (including phenoxy) is 1. The summed E-state index contributed by atoms with van der Waals surface area (Å²) >= 11 is 0. The van der Waals surface area contributed by atoms with E-state index in [1.807, 2.05) is 35.2 Å². The van der Waals surface area contributed by atoms with Crippen LogP contribution in [0.25, 0.3) is 0 Å². The van der Waals surface area contributed by atoms with Crippen LogP contribution in [0, 0.1) is 5.92 Å². The van der Waals surface area contributed by atoms with Gasteiger partial charge in [0.25, 0.3) is 0 Å². The van der Waals surface area contributed by atoms with Crippen LogP contribution in [0.15, 0.2) is 54.6 Å². The van der Waals surface area contributed by atoms with Gasteiger partial charge >= 0.3 is 0 Å². The fourth-order valence-corrected chi connectivity index (χ4v) is 3.59. The van der Waals surface area contributed by atoms with E-state index in [9.17, 15) is 4.79 Å². The van der Waals surface area contributed by atoms with Gasteiger partial charge in [-0.25, -0.2) is 0 Å². The number of hydrogen-bond acceptors (Lipinski definition) is 3. The van der Waals surface area contributed by atoms with Crippen molar-refractivity contribution in [3.63, 3.8) is 0 Å². The van der Waals surface area contributed by atoms with E-state index in [1.165, 1.54) is 5.56 Å². The van der Waals surface area contributed by atoms with Gasteiger partial charge in [0.2, 0.25) is 5.91 Å². The van der Waals surface area contributed by atoms with Gasteiger partial charge in [-0.1, -0.05) is 42.5 Å². The number of likely N-dealkylation sites (tertiary alicyclic amines) is 1. The Morgan fingerprint density at radius 1 is 1.12 bits per heavy atom. The number of halogens is 1. The predicted octanol–water partition coefficient (Wildman–Crippen LogP) is 3.25. The smallest absolute Gasteiger partial charge is 0.222 e. The standard InChI is InChI=1S/C21H26N2O2.ClH/c1-25-19-10-7-16(8-11-19)9-12-21(24)23-14-18(13-22)20(15-23)17-5-3-2-4-6-17;/h2-8,10-11,18,20H,9,12-15,22H2,1H3;1H/t18-,20+;/m1./s1. The van der Waals surface area contributed by atoms with Crippen LogP contribution < -0.4 is 10.5 Å². The third-order valence-electron chi connectivity index (χ3n) is 5.11. The zero-order chi connectivity index (χ0) is 17.6. The summed E-state index contributed by atoms with van der Waals surface area (Å²) in [5.41, 5.74) is 8.40. The van der Waals surface area contributed by atoms with Gasteiger partial charge in [0, 0.05) is 25.4 Å². The lowest BCUT2D eigenvalue weighted by molar-refractivity contribution is -0.130. The Bertz CT molecular complexity index is 691. The van der Waals surface area contributed by atoms with Gasteiger partial charge in [-0.3, -0.25) is 4.79 Å². The van der Waals surface area contributed by atoms with Crippen LogP contribution in [0.3, 0.4) is 0 Å². The quantitative estimate of drug-likeness (QED) is 0.844. The van der Waals surface area contributed by atoms with Crippen LogP contribution in [-0.2, 0) is 11.2 Å². The fourth-order valence-electron chi connectivity index (χ4n) is 3.59. The Kier molecular flexibility index (Phi) is 7.49. The lowest BCUT2D eigenvalue weighted by atomic mass is 9.89. The molecule has 0 spiro atoms. The topological polar surface area (TPSA) is 55.6 Å². The average Bonchev–Trinajstić information content (AvgIpc) is 3.12. The number of amides is 1. The summed E-state index contributed by atoms with van der Waals surface area (Å²) in [4.78, 5) is 14.6. The van der Waals surface area contributed by atoms with Gasteiger partial charge in [0.05, 0.1) is 7.11 Å². The van der Waals surface area contributed by atoms with Gasteiger partial charge in [-0.2, -0.15) is 0 Å². The minimum Gasteiger partial charge on any atom is -0.497 e. The zero-order valence-corrected chi connectivity index (χ0v) is 16.0. The summed E-state index contributed by atoms with van der Waals surface area (Å²) in [6.07, 6.45) is 1.29. The van der Waals surface area contributed by atoms with Crippen molar-refractivity contribution in [2.45, 2.75) is 18.8 Å². The van der Waals surface area contributed by atoms with E-state index in [0.717, 1.165) is 30.8 Å². The molecule has 1 saturated heterocycles. The maximum atomic E-state index is 12.6. The van der Waals surface area contributed by atoms with E-state index in [2.05, 4.69) is 24.3 Å². The molecule has 1 aliphatic rings. The SMILES string of the molecule is COc1ccc(CCC(=O)N2C[C@@H](CN)[C@H](c3ccccc3)C2)cc1.Cl. The molecule has 1 amide bonds. The van der Waals surface area contributed by atoms with E-state index < -0.39 is 0 Å². The molecular formula is C21H27ClN2O2. The van der Waals surface area contributed by atoms with Crippen molar-refractivity contribution in [3.05, 3.63) is 65.7 Å². The Balaban J connectivity index is 0.00000243. The minimum absolute atomic E-state index is 0. The lowest BCUT2D eigenvalue weighted by Crippen LogP contribution is -2.30. The molecule has 1 heterocycles. The molecular weight excluding hydrogens is 348 g/mol. The van der Waals surface area contributed by atoms with Crippen molar-refractivity contribution in [3.8, 4) is 5.75 Å². The molecule has 1 aliphatic heterocycles. The molecule has 0 aliphatic carbocycles. The molecule has 2 aromatic rings. The van der Waals surface area contributed by atoms with E-state index in [0.29, 0.717) is 24.8 Å². The minimum atomic E-state index is 0. The molecule has 2 aromatic carbocycles. The number of carbonyl (C=O) groups is 1. The van der Waals surface area contributed by atoms with Gasteiger partial charge in [-0.15, -0.1) is 12.4 Å². The Morgan fingerprint density at radius 2 is 1.81 bits per heavy atom. The number of hydrogen-bond donors (Lipinski definition) is 1. The molecule has 0 bridgehead atoms. The molecule has 0 radical (unpaired) electrons. The number of rotatable bonds is 6. The molecule has 0 saturated carbocycles.